The minimum Gasteiger partial charge on any atom is -0.406 e. The summed E-state index contributed by atoms with van der Waals surface area (Å²) in [7, 11) is -2.18. The Morgan fingerprint density at radius 3 is 2.54 bits per heavy atom. The van der Waals surface area contributed by atoms with Crippen molar-refractivity contribution < 1.29 is 26.3 Å². The minimum absolute atomic E-state index is 0. The predicted molar refractivity (Wildman–Crippen MR) is 130 cm³/mol. The lowest BCUT2D eigenvalue weighted by atomic mass is 10.1. The van der Waals surface area contributed by atoms with Crippen LogP contribution in [0.3, 0.4) is 0 Å². The number of alkyl halides is 3. The summed E-state index contributed by atoms with van der Waals surface area (Å²) in [4.78, 5) is 3.93. The number of fused-ring (bicyclic) bond motifs is 1. The fourth-order valence-electron chi connectivity index (χ4n) is 3.44. The molecule has 0 aliphatic heterocycles. The molecule has 4 rings (SSSR count). The molecule has 2 aromatic carbocycles. The van der Waals surface area contributed by atoms with Gasteiger partial charge in [0.15, 0.2) is 0 Å². The number of aromatic nitrogens is 2. The molecule has 2 heterocycles. The summed E-state index contributed by atoms with van der Waals surface area (Å²) >= 11 is 6.13. The quantitative estimate of drug-likeness (QED) is 0.309. The Kier molecular flexibility index (Phi) is 7.85. The number of hydrogen-bond acceptors (Lipinski definition) is 6. The molecule has 0 fully saturated rings. The van der Waals surface area contributed by atoms with Crippen LogP contribution in [0.1, 0.15) is 5.56 Å². The Balaban J connectivity index is 0.00000342. The average molecular weight is 547 g/mol. The third-order valence-corrected chi connectivity index (χ3v) is 6.84. The lowest BCUT2D eigenvalue weighted by molar-refractivity contribution is -0.274. The van der Waals surface area contributed by atoms with E-state index in [0.29, 0.717) is 28.8 Å². The second-order valence-electron chi connectivity index (χ2n) is 7.22. The van der Waals surface area contributed by atoms with Crippen LogP contribution < -0.4 is 15.4 Å². The SMILES string of the molecule is CNCc1cn(S(=O)(=O)c2cccnc2)c2cc(Nc3ccc(OC(F)(F)F)cc3Cl)ccc12.Cl. The molecule has 35 heavy (non-hydrogen) atoms. The van der Waals surface area contributed by atoms with Crippen molar-refractivity contribution >= 4 is 56.3 Å². The largest absolute Gasteiger partial charge is 0.573 e. The van der Waals surface area contributed by atoms with Crippen molar-refractivity contribution in [3.05, 3.63) is 77.7 Å². The van der Waals surface area contributed by atoms with Gasteiger partial charge in [0.1, 0.15) is 10.6 Å². The smallest absolute Gasteiger partial charge is 0.406 e. The maximum atomic E-state index is 13.3. The normalized spacial score (nSPS) is 11.8. The van der Waals surface area contributed by atoms with Crippen LogP contribution in [0.5, 0.6) is 5.75 Å². The summed E-state index contributed by atoms with van der Waals surface area (Å²) in [6, 6.07) is 11.6. The van der Waals surface area contributed by atoms with Gasteiger partial charge in [-0.15, -0.1) is 25.6 Å². The molecule has 2 N–H and O–H groups in total. The third kappa shape index (κ3) is 5.81. The molecule has 0 saturated heterocycles. The van der Waals surface area contributed by atoms with E-state index in [1.165, 1.54) is 34.6 Å². The first-order valence-electron chi connectivity index (χ1n) is 9.85. The molecule has 0 atom stereocenters. The summed E-state index contributed by atoms with van der Waals surface area (Å²) in [6.07, 6.45) is -0.537. The fourth-order valence-corrected chi connectivity index (χ4v) is 5.00. The number of benzene rings is 2. The second kappa shape index (κ2) is 10.3. The van der Waals surface area contributed by atoms with Crippen LogP contribution in [0, 0.1) is 0 Å². The van der Waals surface area contributed by atoms with Gasteiger partial charge in [-0.3, -0.25) is 4.98 Å². The predicted octanol–water partition coefficient (Wildman–Crippen LogP) is 5.71. The number of ether oxygens (including phenoxy) is 1. The molecule has 7 nitrogen and oxygen atoms in total. The lowest BCUT2D eigenvalue weighted by Gasteiger charge is -2.13. The van der Waals surface area contributed by atoms with Crippen molar-refractivity contribution in [1.82, 2.24) is 14.3 Å². The molecular weight excluding hydrogens is 528 g/mol. The average Bonchev–Trinajstić information content (AvgIpc) is 3.14. The highest BCUT2D eigenvalue weighted by Gasteiger charge is 2.31. The number of rotatable bonds is 7. The van der Waals surface area contributed by atoms with Crippen molar-refractivity contribution in [2.75, 3.05) is 12.4 Å². The van der Waals surface area contributed by atoms with Gasteiger partial charge in [0, 0.05) is 42.3 Å². The van der Waals surface area contributed by atoms with E-state index < -0.39 is 22.1 Å². The van der Waals surface area contributed by atoms with Crippen LogP contribution in [-0.2, 0) is 16.6 Å². The molecular formula is C22H19Cl2F3N4O3S. The molecule has 0 saturated carbocycles. The maximum Gasteiger partial charge on any atom is 0.573 e. The Labute approximate surface area is 210 Å². The van der Waals surface area contributed by atoms with Gasteiger partial charge in [0.25, 0.3) is 10.0 Å². The fraction of sp³-hybridized carbons (Fsp3) is 0.136. The number of pyridine rings is 1. The summed E-state index contributed by atoms with van der Waals surface area (Å²) in [5.41, 5.74) is 1.98. The highest BCUT2D eigenvalue weighted by Crippen LogP contribution is 2.34. The van der Waals surface area contributed by atoms with Crippen LogP contribution >= 0.6 is 24.0 Å². The maximum absolute atomic E-state index is 13.3. The van der Waals surface area contributed by atoms with E-state index in [-0.39, 0.29) is 22.3 Å². The molecule has 0 aliphatic rings. The van der Waals surface area contributed by atoms with Crippen molar-refractivity contribution in [1.29, 1.82) is 0 Å². The summed E-state index contributed by atoms with van der Waals surface area (Å²) in [6.45, 7) is 0.436. The van der Waals surface area contributed by atoms with E-state index in [9.17, 15) is 21.6 Å². The molecule has 0 unspecified atom stereocenters. The third-order valence-electron chi connectivity index (χ3n) is 4.87. The van der Waals surface area contributed by atoms with Crippen LogP contribution in [0.4, 0.5) is 24.5 Å². The summed E-state index contributed by atoms with van der Waals surface area (Å²) in [5.74, 6) is -0.452. The molecule has 0 amide bonds. The van der Waals surface area contributed by atoms with E-state index in [1.54, 1.807) is 31.4 Å². The molecule has 0 bridgehead atoms. The van der Waals surface area contributed by atoms with Gasteiger partial charge in [0.2, 0.25) is 0 Å². The topological polar surface area (TPSA) is 85.2 Å². The van der Waals surface area contributed by atoms with Gasteiger partial charge >= 0.3 is 6.36 Å². The Morgan fingerprint density at radius 2 is 1.91 bits per heavy atom. The van der Waals surface area contributed by atoms with E-state index >= 15 is 0 Å². The van der Waals surface area contributed by atoms with Crippen molar-refractivity contribution in [2.24, 2.45) is 0 Å². The van der Waals surface area contributed by atoms with E-state index in [1.807, 2.05) is 0 Å². The molecule has 13 heteroatoms. The molecule has 0 radical (unpaired) electrons. The zero-order valence-corrected chi connectivity index (χ0v) is 20.4. The van der Waals surface area contributed by atoms with Gasteiger partial charge < -0.3 is 15.4 Å². The first-order valence-corrected chi connectivity index (χ1v) is 11.7. The molecule has 2 aromatic heterocycles. The van der Waals surface area contributed by atoms with E-state index in [2.05, 4.69) is 20.4 Å². The highest BCUT2D eigenvalue weighted by atomic mass is 35.5. The molecule has 0 aliphatic carbocycles. The summed E-state index contributed by atoms with van der Waals surface area (Å²) < 4.78 is 69.0. The summed E-state index contributed by atoms with van der Waals surface area (Å²) in [5, 5.41) is 6.74. The number of hydrogen-bond donors (Lipinski definition) is 2. The van der Waals surface area contributed by atoms with Gasteiger partial charge in [0.05, 0.1) is 16.2 Å². The minimum atomic E-state index is -4.83. The van der Waals surface area contributed by atoms with Crippen LogP contribution in [0.25, 0.3) is 10.9 Å². The van der Waals surface area contributed by atoms with Gasteiger partial charge in [-0.1, -0.05) is 17.7 Å². The standard InChI is InChI=1S/C22H18ClF3N4O3S.ClH/c1-27-11-14-13-30(34(31,32)17-3-2-8-28-12-17)21-9-15(4-6-18(14)21)29-20-7-5-16(10-19(20)23)33-22(24,25)26;/h2-10,12-13,27,29H,11H2,1H3;1H. The zero-order valence-electron chi connectivity index (χ0n) is 18.0. The Morgan fingerprint density at radius 1 is 1.14 bits per heavy atom. The van der Waals surface area contributed by atoms with Crippen LogP contribution in [0.15, 0.2) is 72.0 Å². The van der Waals surface area contributed by atoms with Crippen molar-refractivity contribution in [2.45, 2.75) is 17.8 Å². The molecule has 0 spiro atoms. The zero-order chi connectivity index (χ0) is 24.5. The molecule has 4 aromatic rings. The van der Waals surface area contributed by atoms with Crippen LogP contribution in [-0.4, -0.2) is 30.8 Å². The number of nitrogens with one attached hydrogen (secondary N) is 2. The van der Waals surface area contributed by atoms with E-state index in [0.717, 1.165) is 17.7 Å². The number of nitrogens with zero attached hydrogens (tertiary/aromatic N) is 2. The second-order valence-corrected chi connectivity index (χ2v) is 9.44. The first kappa shape index (κ1) is 26.6. The number of anilines is 2. The Bertz CT molecular complexity index is 1450. The van der Waals surface area contributed by atoms with Gasteiger partial charge in [-0.2, -0.15) is 0 Å². The first-order chi connectivity index (χ1) is 16.1. The lowest BCUT2D eigenvalue weighted by Crippen LogP contribution is -2.17. The monoisotopic (exact) mass is 546 g/mol. The van der Waals surface area contributed by atoms with Crippen LogP contribution in [0.2, 0.25) is 5.02 Å². The van der Waals surface area contributed by atoms with E-state index in [4.69, 9.17) is 11.6 Å². The van der Waals surface area contributed by atoms with Crippen molar-refractivity contribution in [3.63, 3.8) is 0 Å². The van der Waals surface area contributed by atoms with Crippen molar-refractivity contribution in [3.8, 4) is 5.75 Å². The highest BCUT2D eigenvalue weighted by molar-refractivity contribution is 7.90. The number of halogens is 5. The Hall–Kier alpha value is -2.99. The molecule has 186 valence electrons. The van der Waals surface area contributed by atoms with Gasteiger partial charge in [-0.05, 0) is 49.0 Å². The van der Waals surface area contributed by atoms with Gasteiger partial charge in [-0.25, -0.2) is 12.4 Å².